The molecule has 1 aromatic rings. The summed E-state index contributed by atoms with van der Waals surface area (Å²) < 4.78 is 21.7. The van der Waals surface area contributed by atoms with E-state index in [0.29, 0.717) is 37.6 Å². The van der Waals surface area contributed by atoms with Crippen LogP contribution >= 0.6 is 23.3 Å². The van der Waals surface area contributed by atoms with Crippen LogP contribution in [-0.2, 0) is 19.2 Å². The lowest BCUT2D eigenvalue weighted by Gasteiger charge is -2.51. The molecular weight excluding hydrogens is 559 g/mol. The number of aliphatic hydroxyl groups is 1. The number of aliphatic carboxylic acids is 1. The number of hydrazone groups is 1. The Morgan fingerprint density at radius 1 is 1.38 bits per heavy atom. The lowest BCUT2D eigenvalue weighted by atomic mass is 10.0. The molecule has 3 aliphatic rings. The van der Waals surface area contributed by atoms with Gasteiger partial charge in [0.2, 0.25) is 11.5 Å². The van der Waals surface area contributed by atoms with Crippen LogP contribution in [0.25, 0.3) is 0 Å². The lowest BCUT2D eigenvalue weighted by Crippen LogP contribution is -2.67. The fraction of sp³-hybridized carbons (Fsp3) is 0.600. The molecule has 16 nitrogen and oxygen atoms in total. The quantitative estimate of drug-likeness (QED) is 0.0770. The van der Waals surface area contributed by atoms with Gasteiger partial charge in [-0.3, -0.25) is 20.4 Å². The molecule has 39 heavy (non-hydrogen) atoms. The molecule has 3 unspecified atom stereocenters. The molecule has 3 aliphatic heterocycles. The molecule has 3 atom stereocenters. The van der Waals surface area contributed by atoms with Crippen molar-refractivity contribution in [3.8, 4) is 0 Å². The Morgan fingerprint density at radius 2 is 2.23 bits per heavy atom. The molecule has 1 amide bonds. The Labute approximate surface area is 230 Å². The number of hydrogen-bond acceptors (Lipinski definition) is 16. The highest BCUT2D eigenvalue weighted by Gasteiger charge is 2.47. The Balaban J connectivity index is 1.38. The number of nitrogens with one attached hydrogen (secondary N) is 3. The van der Waals surface area contributed by atoms with Crippen molar-refractivity contribution in [1.82, 2.24) is 35.2 Å². The number of aliphatic hydroxyl groups excluding tert-OH is 1. The molecule has 1 aromatic heterocycles. The van der Waals surface area contributed by atoms with Crippen LogP contribution in [0.1, 0.15) is 5.82 Å². The highest BCUT2D eigenvalue weighted by atomic mass is 32.2. The van der Waals surface area contributed by atoms with E-state index in [1.165, 1.54) is 11.8 Å². The summed E-state index contributed by atoms with van der Waals surface area (Å²) in [5.74, 6) is -1.52. The maximum absolute atomic E-state index is 12.8. The number of alkyl halides is 1. The van der Waals surface area contributed by atoms with Crippen molar-refractivity contribution >= 4 is 52.2 Å². The summed E-state index contributed by atoms with van der Waals surface area (Å²) in [6.45, 7) is 1.53. The zero-order chi connectivity index (χ0) is 27.8. The number of hydrogen-bond donors (Lipinski definition) is 6. The van der Waals surface area contributed by atoms with Crippen molar-refractivity contribution in [2.45, 2.75) is 17.7 Å². The summed E-state index contributed by atoms with van der Waals surface area (Å²) in [5, 5.41) is 37.5. The SMILES string of the molecule is Nc1nc(/C(=N\OCF)C(=O)NC2CN3C(C(=O)O)=C(/C=N/N4CCNC4NCCOCCO)CSC23)ns1. The van der Waals surface area contributed by atoms with E-state index in [9.17, 15) is 19.1 Å². The van der Waals surface area contributed by atoms with Crippen LogP contribution in [0.5, 0.6) is 0 Å². The molecule has 19 heteroatoms. The number of amides is 1. The average Bonchev–Trinajstić information content (AvgIpc) is 3.54. The van der Waals surface area contributed by atoms with Crippen LogP contribution in [0.4, 0.5) is 9.52 Å². The topological polar surface area (TPSA) is 212 Å². The first-order valence-electron chi connectivity index (χ1n) is 11.9. The van der Waals surface area contributed by atoms with Crippen LogP contribution in [0, 0.1) is 0 Å². The molecule has 214 valence electrons. The number of nitrogens with zero attached hydrogens (tertiary/aromatic N) is 6. The number of rotatable bonds is 14. The lowest BCUT2D eigenvalue weighted by molar-refractivity contribution is -0.135. The Morgan fingerprint density at radius 3 is 2.95 bits per heavy atom. The number of halogens is 1. The minimum Gasteiger partial charge on any atom is -0.477 e. The van der Waals surface area contributed by atoms with E-state index < -0.39 is 24.8 Å². The van der Waals surface area contributed by atoms with Crippen molar-refractivity contribution in [1.29, 1.82) is 0 Å². The number of carbonyl (C=O) groups is 2. The number of oxime groups is 1. The van der Waals surface area contributed by atoms with E-state index in [1.807, 2.05) is 0 Å². The summed E-state index contributed by atoms with van der Waals surface area (Å²) in [7, 11) is 0. The number of ether oxygens (including phenoxy) is 1. The first-order valence-corrected chi connectivity index (χ1v) is 13.7. The van der Waals surface area contributed by atoms with Gasteiger partial charge in [-0.25, -0.2) is 9.18 Å². The van der Waals surface area contributed by atoms with Crippen LogP contribution in [0.2, 0.25) is 0 Å². The van der Waals surface area contributed by atoms with Crippen molar-refractivity contribution < 1.29 is 33.8 Å². The van der Waals surface area contributed by atoms with Crippen molar-refractivity contribution in [2.75, 3.05) is 64.3 Å². The molecule has 4 heterocycles. The number of carboxylic acid groups (broad SMARTS) is 1. The second-order valence-corrected chi connectivity index (χ2v) is 10.2. The number of carboxylic acids is 1. The van der Waals surface area contributed by atoms with Gasteiger partial charge in [-0.15, -0.1) is 11.8 Å². The molecule has 2 saturated heterocycles. The first-order chi connectivity index (χ1) is 18.9. The third-order valence-electron chi connectivity index (χ3n) is 5.80. The number of carbonyl (C=O) groups excluding carboxylic acids is 1. The maximum atomic E-state index is 12.8. The van der Waals surface area contributed by atoms with E-state index in [4.69, 9.17) is 15.6 Å². The number of nitrogens with two attached hydrogens (primary N) is 1. The van der Waals surface area contributed by atoms with Gasteiger partial charge in [0.25, 0.3) is 12.8 Å². The fourth-order valence-corrected chi connectivity index (χ4v) is 5.84. The molecule has 0 aliphatic carbocycles. The van der Waals surface area contributed by atoms with E-state index >= 15 is 0 Å². The highest BCUT2D eigenvalue weighted by molar-refractivity contribution is 8.00. The zero-order valence-electron chi connectivity index (χ0n) is 20.7. The fourth-order valence-electron chi connectivity index (χ4n) is 4.08. The molecule has 2 fully saturated rings. The summed E-state index contributed by atoms with van der Waals surface area (Å²) in [4.78, 5) is 35.0. The Hall–Kier alpha value is -3.10. The largest absolute Gasteiger partial charge is 0.477 e. The summed E-state index contributed by atoms with van der Waals surface area (Å²) in [5.41, 5.74) is 5.91. The van der Waals surface area contributed by atoms with E-state index in [2.05, 4.69) is 40.4 Å². The number of fused-ring (bicyclic) bond motifs is 1. The maximum Gasteiger partial charge on any atom is 0.352 e. The Kier molecular flexibility index (Phi) is 10.2. The predicted molar refractivity (Wildman–Crippen MR) is 140 cm³/mol. The normalized spacial score (nSPS) is 23.2. The monoisotopic (exact) mass is 588 g/mol. The van der Waals surface area contributed by atoms with E-state index in [1.54, 1.807) is 16.1 Å². The summed E-state index contributed by atoms with van der Waals surface area (Å²) in [6.07, 6.45) is 1.32. The van der Waals surface area contributed by atoms with Gasteiger partial charge in [-0.05, 0) is 0 Å². The first kappa shape index (κ1) is 28.9. The number of anilines is 1. The predicted octanol–water partition coefficient (Wildman–Crippen LogP) is -2.25. The summed E-state index contributed by atoms with van der Waals surface area (Å²) >= 11 is 2.31. The highest BCUT2D eigenvalue weighted by Crippen LogP contribution is 2.39. The van der Waals surface area contributed by atoms with Gasteiger partial charge in [-0.1, -0.05) is 5.16 Å². The number of thioether (sulfide) groups is 1. The van der Waals surface area contributed by atoms with Crippen LogP contribution < -0.4 is 21.7 Å². The second kappa shape index (κ2) is 13.8. The van der Waals surface area contributed by atoms with Gasteiger partial charge >= 0.3 is 5.97 Å². The second-order valence-electron chi connectivity index (χ2n) is 8.30. The van der Waals surface area contributed by atoms with Gasteiger partial charge in [0.1, 0.15) is 5.70 Å². The zero-order valence-corrected chi connectivity index (χ0v) is 22.3. The molecular formula is C20H29FN10O6S2. The number of nitrogen functional groups attached to an aromatic ring is 1. The van der Waals surface area contributed by atoms with Gasteiger partial charge in [0, 0.05) is 42.5 Å². The molecule has 7 N–H and O–H groups in total. The molecule has 0 bridgehead atoms. The third kappa shape index (κ3) is 7.11. The molecule has 0 saturated carbocycles. The molecule has 0 aromatic carbocycles. The van der Waals surface area contributed by atoms with Crippen LogP contribution in [-0.4, -0.2) is 130 Å². The number of aromatic nitrogens is 2. The van der Waals surface area contributed by atoms with E-state index in [0.717, 1.165) is 11.5 Å². The molecule has 4 rings (SSSR count). The average molecular weight is 589 g/mol. The van der Waals surface area contributed by atoms with Crippen LogP contribution in [0.3, 0.4) is 0 Å². The van der Waals surface area contributed by atoms with Gasteiger partial charge < -0.3 is 35.7 Å². The van der Waals surface area contributed by atoms with Crippen molar-refractivity contribution in [3.05, 3.63) is 17.1 Å². The minimum absolute atomic E-state index is 0.0353. The minimum atomic E-state index is -1.24. The summed E-state index contributed by atoms with van der Waals surface area (Å²) in [6, 6.07) is -0.411. The van der Waals surface area contributed by atoms with Crippen molar-refractivity contribution in [3.63, 3.8) is 0 Å². The van der Waals surface area contributed by atoms with Gasteiger partial charge in [0.05, 0.1) is 44.0 Å². The molecule has 0 spiro atoms. The van der Waals surface area contributed by atoms with Gasteiger partial charge in [-0.2, -0.15) is 14.5 Å². The molecule has 0 radical (unpaired) electrons. The van der Waals surface area contributed by atoms with Crippen molar-refractivity contribution in [2.24, 2.45) is 10.3 Å². The van der Waals surface area contributed by atoms with Crippen LogP contribution in [0.15, 0.2) is 21.5 Å². The smallest absolute Gasteiger partial charge is 0.352 e. The third-order valence-corrected chi connectivity index (χ3v) is 7.74. The van der Waals surface area contributed by atoms with Gasteiger partial charge in [0.15, 0.2) is 11.4 Å². The van der Waals surface area contributed by atoms with E-state index in [-0.39, 0.29) is 53.8 Å². The standard InChI is InChI=1S/C20H29FN10O6S2/c21-10-37-28-13(15-27-19(22)39-29-15)16(33)26-12-8-30-14(18(34)35)11(9-38-17(12)30)7-25-31-3-1-23-20(31)24-2-5-36-6-4-32/h7,12,17,20,23-24,32H,1-6,8-10H2,(H,26,33)(H,34,35)(H2,22,27,29)/b25-7+,28-13+. The Bertz CT molecular complexity index is 1120.